The highest BCUT2D eigenvalue weighted by atomic mass is 35.5. The molecule has 0 radical (unpaired) electrons. The van der Waals surface area contributed by atoms with Gasteiger partial charge >= 0.3 is 0 Å². The normalized spacial score (nSPS) is 9.95. The number of hydrogen-bond donors (Lipinski definition) is 1. The van der Waals surface area contributed by atoms with E-state index in [1.54, 1.807) is 18.0 Å². The predicted octanol–water partition coefficient (Wildman–Crippen LogP) is 2.61. The van der Waals surface area contributed by atoms with Gasteiger partial charge in [0, 0.05) is 22.9 Å². The van der Waals surface area contributed by atoms with Crippen LogP contribution in [0.2, 0.25) is 5.22 Å². The second-order valence-corrected chi connectivity index (χ2v) is 5.37. The minimum absolute atomic E-state index is 0.0996. The third kappa shape index (κ3) is 3.42. The number of thiophene rings is 1. The number of nitrogens with zero attached hydrogens (tertiary/aromatic N) is 1. The van der Waals surface area contributed by atoms with Crippen LogP contribution in [0.3, 0.4) is 0 Å². The van der Waals surface area contributed by atoms with Crippen LogP contribution in [-0.2, 0) is 6.54 Å². The van der Waals surface area contributed by atoms with Gasteiger partial charge in [-0.3, -0.25) is 4.79 Å². The van der Waals surface area contributed by atoms with Crippen LogP contribution in [0.4, 0.5) is 0 Å². The van der Waals surface area contributed by atoms with Crippen LogP contribution in [-0.4, -0.2) is 29.6 Å². The van der Waals surface area contributed by atoms with E-state index < -0.39 is 0 Å². The first-order valence-electron chi connectivity index (χ1n) is 5.77. The molecule has 0 fully saturated rings. The van der Waals surface area contributed by atoms with Crippen LogP contribution >= 0.6 is 22.9 Å². The van der Waals surface area contributed by atoms with Gasteiger partial charge < -0.3 is 14.4 Å². The second kappa shape index (κ2) is 6.62. The van der Waals surface area contributed by atoms with Crippen LogP contribution in [0.15, 0.2) is 28.2 Å². The topological polar surface area (TPSA) is 53.7 Å². The Bertz CT molecular complexity index is 665. The fraction of sp³-hybridized carbons (Fsp3) is 0.214. The van der Waals surface area contributed by atoms with Crippen molar-refractivity contribution in [3.05, 3.63) is 45.0 Å². The summed E-state index contributed by atoms with van der Waals surface area (Å²) in [7, 11) is 1.70. The van der Waals surface area contributed by atoms with Crippen molar-refractivity contribution in [1.82, 2.24) is 4.90 Å². The number of hydrogen-bond acceptors (Lipinski definition) is 4. The Balaban J connectivity index is 2.04. The van der Waals surface area contributed by atoms with Gasteiger partial charge in [0.25, 0.3) is 5.91 Å². The fourth-order valence-corrected chi connectivity index (χ4v) is 2.69. The molecule has 0 aliphatic heterocycles. The van der Waals surface area contributed by atoms with Crippen molar-refractivity contribution in [2.24, 2.45) is 0 Å². The Kier molecular flexibility index (Phi) is 4.85. The van der Waals surface area contributed by atoms with Crippen molar-refractivity contribution in [3.63, 3.8) is 0 Å². The fourth-order valence-electron chi connectivity index (χ4n) is 1.63. The van der Waals surface area contributed by atoms with E-state index in [-0.39, 0.29) is 17.7 Å². The summed E-state index contributed by atoms with van der Waals surface area (Å²) < 4.78 is 4.91. The quantitative estimate of drug-likeness (QED) is 0.887. The molecule has 20 heavy (non-hydrogen) atoms. The van der Waals surface area contributed by atoms with E-state index >= 15 is 0 Å². The van der Waals surface area contributed by atoms with Crippen LogP contribution < -0.4 is 0 Å². The third-order valence-corrected chi connectivity index (χ3v) is 3.77. The number of carbonyl (C=O) groups excluding carboxylic acids is 1. The molecule has 0 aromatic carbocycles. The molecule has 0 saturated heterocycles. The van der Waals surface area contributed by atoms with Gasteiger partial charge in [-0.2, -0.15) is 0 Å². The monoisotopic (exact) mass is 309 g/mol. The lowest BCUT2D eigenvalue weighted by atomic mass is 10.2. The SMILES string of the molecule is CN(Cc1cc(C#CCO)cs1)C(=O)c1ccoc1Cl. The zero-order valence-electron chi connectivity index (χ0n) is 10.7. The first kappa shape index (κ1) is 14.7. The Labute approximate surface area is 125 Å². The second-order valence-electron chi connectivity index (χ2n) is 4.03. The first-order chi connectivity index (χ1) is 9.61. The van der Waals surface area contributed by atoms with Gasteiger partial charge in [-0.25, -0.2) is 0 Å². The molecule has 0 aliphatic carbocycles. The highest BCUT2D eigenvalue weighted by Crippen LogP contribution is 2.21. The molecule has 2 aromatic heterocycles. The van der Waals surface area contributed by atoms with E-state index in [0.717, 1.165) is 10.4 Å². The summed E-state index contributed by atoms with van der Waals surface area (Å²) in [4.78, 5) is 14.7. The Morgan fingerprint density at radius 2 is 2.40 bits per heavy atom. The number of amides is 1. The Morgan fingerprint density at radius 3 is 3.05 bits per heavy atom. The van der Waals surface area contributed by atoms with E-state index in [4.69, 9.17) is 21.1 Å². The van der Waals surface area contributed by atoms with E-state index in [1.807, 2.05) is 11.4 Å². The lowest BCUT2D eigenvalue weighted by Crippen LogP contribution is -2.25. The van der Waals surface area contributed by atoms with Gasteiger partial charge in [0.15, 0.2) is 0 Å². The summed E-state index contributed by atoms with van der Waals surface area (Å²) in [5, 5.41) is 10.6. The highest BCUT2D eigenvalue weighted by Gasteiger charge is 2.17. The van der Waals surface area contributed by atoms with E-state index in [0.29, 0.717) is 12.1 Å². The van der Waals surface area contributed by atoms with Crippen molar-refractivity contribution >= 4 is 28.8 Å². The molecule has 104 valence electrons. The maximum absolute atomic E-state index is 12.1. The summed E-state index contributed by atoms with van der Waals surface area (Å²) in [5.41, 5.74) is 1.19. The van der Waals surface area contributed by atoms with Crippen LogP contribution in [0.25, 0.3) is 0 Å². The molecule has 0 aliphatic rings. The smallest absolute Gasteiger partial charge is 0.258 e. The van der Waals surface area contributed by atoms with Gasteiger partial charge in [-0.05, 0) is 23.7 Å². The summed E-state index contributed by atoms with van der Waals surface area (Å²) in [5.74, 6) is 5.22. The summed E-state index contributed by atoms with van der Waals surface area (Å²) in [6.45, 7) is 0.300. The Hall–Kier alpha value is -1.74. The summed E-state index contributed by atoms with van der Waals surface area (Å²) in [6.07, 6.45) is 1.39. The maximum Gasteiger partial charge on any atom is 0.258 e. The summed E-state index contributed by atoms with van der Waals surface area (Å²) in [6, 6.07) is 3.45. The molecule has 0 bridgehead atoms. The first-order valence-corrected chi connectivity index (χ1v) is 7.03. The number of aliphatic hydroxyl groups is 1. The largest absolute Gasteiger partial charge is 0.452 e. The van der Waals surface area contributed by atoms with Crippen molar-refractivity contribution in [2.45, 2.75) is 6.54 Å². The molecule has 1 amide bonds. The molecule has 0 saturated carbocycles. The molecule has 1 N–H and O–H groups in total. The predicted molar refractivity (Wildman–Crippen MR) is 77.8 cm³/mol. The number of aliphatic hydroxyl groups excluding tert-OH is 1. The minimum atomic E-state index is -0.194. The summed E-state index contributed by atoms with van der Waals surface area (Å²) >= 11 is 7.30. The molecular weight excluding hydrogens is 298 g/mol. The molecule has 0 unspecified atom stereocenters. The zero-order valence-corrected chi connectivity index (χ0v) is 12.3. The van der Waals surface area contributed by atoms with Gasteiger partial charge in [0.2, 0.25) is 5.22 Å². The van der Waals surface area contributed by atoms with Gasteiger partial charge in [0.05, 0.1) is 18.4 Å². The molecule has 0 atom stereocenters. The number of rotatable bonds is 3. The number of halogens is 1. The third-order valence-electron chi connectivity index (χ3n) is 2.55. The molecular formula is C14H12ClNO3S. The van der Waals surface area contributed by atoms with Crippen LogP contribution in [0, 0.1) is 11.8 Å². The lowest BCUT2D eigenvalue weighted by molar-refractivity contribution is 0.0786. The lowest BCUT2D eigenvalue weighted by Gasteiger charge is -2.15. The highest BCUT2D eigenvalue weighted by molar-refractivity contribution is 7.10. The average molecular weight is 310 g/mol. The Morgan fingerprint density at radius 1 is 1.60 bits per heavy atom. The van der Waals surface area contributed by atoms with Crippen molar-refractivity contribution in [3.8, 4) is 11.8 Å². The molecule has 2 aromatic rings. The minimum Gasteiger partial charge on any atom is -0.452 e. The zero-order chi connectivity index (χ0) is 14.5. The van der Waals surface area contributed by atoms with Gasteiger partial charge in [0.1, 0.15) is 6.61 Å². The van der Waals surface area contributed by atoms with Crippen molar-refractivity contribution < 1.29 is 14.3 Å². The maximum atomic E-state index is 12.1. The molecule has 0 spiro atoms. The van der Waals surface area contributed by atoms with Crippen molar-refractivity contribution in [1.29, 1.82) is 0 Å². The standard InChI is InChI=1S/C14H12ClNO3S/c1-16(14(18)12-4-6-19-13(12)15)8-11-7-10(9-20-11)3-2-5-17/h4,6-7,9,17H,5,8H2,1H3. The molecule has 2 rings (SSSR count). The molecule has 6 heteroatoms. The van der Waals surface area contributed by atoms with Crippen LogP contribution in [0.5, 0.6) is 0 Å². The van der Waals surface area contributed by atoms with E-state index in [2.05, 4.69) is 11.8 Å². The van der Waals surface area contributed by atoms with E-state index in [9.17, 15) is 4.79 Å². The van der Waals surface area contributed by atoms with Gasteiger partial charge in [-0.15, -0.1) is 11.3 Å². The number of carbonyl (C=O) groups is 1. The van der Waals surface area contributed by atoms with E-state index in [1.165, 1.54) is 17.6 Å². The van der Waals surface area contributed by atoms with Crippen molar-refractivity contribution in [2.75, 3.05) is 13.7 Å². The molecule has 4 nitrogen and oxygen atoms in total. The average Bonchev–Trinajstić information content (AvgIpc) is 3.04. The molecule has 2 heterocycles. The van der Waals surface area contributed by atoms with Crippen LogP contribution in [0.1, 0.15) is 20.8 Å². The number of furan rings is 1. The van der Waals surface area contributed by atoms with Gasteiger partial charge in [-0.1, -0.05) is 11.8 Å².